The van der Waals surface area contributed by atoms with Crippen molar-refractivity contribution < 1.29 is 18.0 Å². The van der Waals surface area contributed by atoms with Crippen LogP contribution in [0.4, 0.5) is 19.0 Å². The van der Waals surface area contributed by atoms with Crippen molar-refractivity contribution in [3.05, 3.63) is 71.8 Å². The predicted molar refractivity (Wildman–Crippen MR) is 130 cm³/mol. The molecule has 0 radical (unpaired) electrons. The van der Waals surface area contributed by atoms with Crippen LogP contribution in [0.2, 0.25) is 0 Å². The number of fused-ring (bicyclic) bond motifs is 1. The summed E-state index contributed by atoms with van der Waals surface area (Å²) < 4.78 is 39.0. The second-order valence-corrected chi connectivity index (χ2v) is 8.99. The molecule has 4 heterocycles. The molecule has 1 aliphatic rings. The van der Waals surface area contributed by atoms with E-state index in [1.54, 1.807) is 6.20 Å². The summed E-state index contributed by atoms with van der Waals surface area (Å²) in [7, 11) is 0. The summed E-state index contributed by atoms with van der Waals surface area (Å²) in [5.74, 6) is -0.856. The molecule has 7 nitrogen and oxygen atoms in total. The fourth-order valence-corrected chi connectivity index (χ4v) is 4.50. The molecule has 0 aliphatic carbocycles. The van der Waals surface area contributed by atoms with E-state index in [1.807, 2.05) is 24.4 Å². The molecule has 1 saturated heterocycles. The van der Waals surface area contributed by atoms with E-state index in [2.05, 4.69) is 36.4 Å². The van der Waals surface area contributed by atoms with Gasteiger partial charge in [-0.1, -0.05) is 18.9 Å². The van der Waals surface area contributed by atoms with Gasteiger partial charge in [0.25, 0.3) is 5.91 Å². The van der Waals surface area contributed by atoms with Gasteiger partial charge in [0.15, 0.2) is 5.69 Å². The van der Waals surface area contributed by atoms with Gasteiger partial charge >= 0.3 is 6.18 Å². The number of amides is 1. The Balaban J connectivity index is 1.38. The van der Waals surface area contributed by atoms with Gasteiger partial charge in [-0.05, 0) is 67.4 Å². The van der Waals surface area contributed by atoms with Crippen molar-refractivity contribution in [1.29, 1.82) is 0 Å². The van der Waals surface area contributed by atoms with Gasteiger partial charge in [-0.25, -0.2) is 4.98 Å². The highest BCUT2D eigenvalue weighted by Crippen LogP contribution is 2.30. The third-order valence-corrected chi connectivity index (χ3v) is 6.34. The number of pyridine rings is 2. The molecule has 0 spiro atoms. The topological polar surface area (TPSA) is 86.8 Å². The molecular weight excluding hydrogens is 469 g/mol. The van der Waals surface area contributed by atoms with E-state index in [9.17, 15) is 18.0 Å². The van der Waals surface area contributed by atoms with Crippen LogP contribution in [0.1, 0.15) is 47.3 Å². The van der Waals surface area contributed by atoms with Crippen LogP contribution in [0, 0.1) is 0 Å². The van der Waals surface area contributed by atoms with Crippen LogP contribution in [0.15, 0.2) is 55.0 Å². The summed E-state index contributed by atoms with van der Waals surface area (Å²) in [5, 5.41) is 9.87. The Hall–Kier alpha value is -3.79. The summed E-state index contributed by atoms with van der Waals surface area (Å²) in [4.78, 5) is 23.6. The van der Waals surface area contributed by atoms with Crippen molar-refractivity contribution in [2.24, 2.45) is 0 Å². The third-order valence-electron chi connectivity index (χ3n) is 6.34. The number of hydrogen-bond donors (Lipinski definition) is 2. The van der Waals surface area contributed by atoms with Gasteiger partial charge < -0.3 is 5.32 Å². The number of carbonyl (C=O) groups is 1. The third kappa shape index (κ3) is 5.38. The Kier molecular flexibility index (Phi) is 6.69. The minimum absolute atomic E-state index is 0.0692. The lowest BCUT2D eigenvalue weighted by Gasteiger charge is -2.19. The van der Waals surface area contributed by atoms with Gasteiger partial charge in [-0.3, -0.25) is 19.8 Å². The van der Waals surface area contributed by atoms with E-state index in [4.69, 9.17) is 0 Å². The molecule has 36 heavy (non-hydrogen) atoms. The van der Waals surface area contributed by atoms with E-state index in [1.165, 1.54) is 25.7 Å². The number of H-pyrrole nitrogens is 1. The van der Waals surface area contributed by atoms with Gasteiger partial charge in [0.1, 0.15) is 5.82 Å². The highest BCUT2D eigenvalue weighted by atomic mass is 19.4. The van der Waals surface area contributed by atoms with Crippen LogP contribution in [0.25, 0.3) is 22.0 Å². The molecule has 1 aromatic carbocycles. The lowest BCUT2D eigenvalue weighted by molar-refractivity contribution is -0.137. The molecule has 0 bridgehead atoms. The smallest absolute Gasteiger partial charge is 0.305 e. The van der Waals surface area contributed by atoms with Crippen molar-refractivity contribution >= 4 is 22.6 Å². The summed E-state index contributed by atoms with van der Waals surface area (Å²) in [6, 6.07) is 9.31. The normalized spacial score (nSPS) is 15.1. The molecule has 186 valence electrons. The molecule has 1 amide bonds. The number of nitrogens with zero attached hydrogens (tertiary/aromatic N) is 4. The van der Waals surface area contributed by atoms with Crippen LogP contribution in [-0.2, 0) is 12.7 Å². The van der Waals surface area contributed by atoms with Gasteiger partial charge in [0, 0.05) is 36.1 Å². The fourth-order valence-electron chi connectivity index (χ4n) is 4.50. The molecule has 1 fully saturated rings. The monoisotopic (exact) mass is 494 g/mol. The van der Waals surface area contributed by atoms with Crippen LogP contribution >= 0.6 is 0 Å². The second kappa shape index (κ2) is 10.1. The number of benzene rings is 1. The number of alkyl halides is 3. The molecule has 4 aromatic rings. The molecule has 5 rings (SSSR count). The number of aromatic nitrogens is 4. The number of carbonyl (C=O) groups excluding carboxylic acids is 1. The molecule has 2 N–H and O–H groups in total. The Labute approximate surface area is 205 Å². The van der Waals surface area contributed by atoms with Crippen LogP contribution in [0.5, 0.6) is 0 Å². The molecule has 3 aromatic heterocycles. The first-order valence-corrected chi connectivity index (χ1v) is 11.9. The zero-order valence-corrected chi connectivity index (χ0v) is 19.5. The maximum Gasteiger partial charge on any atom is 0.416 e. The number of hydrogen-bond acceptors (Lipinski definition) is 5. The second-order valence-electron chi connectivity index (χ2n) is 8.99. The summed E-state index contributed by atoms with van der Waals surface area (Å²) in [6.45, 7) is 3.02. The zero-order valence-electron chi connectivity index (χ0n) is 19.5. The Bertz CT molecular complexity index is 1380. The van der Waals surface area contributed by atoms with Crippen molar-refractivity contribution in [2.45, 2.75) is 38.4 Å². The fraction of sp³-hybridized carbons (Fsp3) is 0.308. The zero-order chi connectivity index (χ0) is 25.1. The first-order chi connectivity index (χ1) is 17.4. The first kappa shape index (κ1) is 23.9. The van der Waals surface area contributed by atoms with E-state index in [0.717, 1.165) is 54.7 Å². The molecule has 10 heteroatoms. The van der Waals surface area contributed by atoms with Gasteiger partial charge in [0.05, 0.1) is 11.1 Å². The Morgan fingerprint density at radius 3 is 2.58 bits per heavy atom. The number of aromatic amines is 1. The number of rotatable bonds is 5. The van der Waals surface area contributed by atoms with Crippen molar-refractivity contribution in [3.8, 4) is 11.1 Å². The number of anilines is 1. The standard InChI is InChI=1S/C26H25F3N6O/c27-26(28,29)20-7-8-31-23(13-20)32-25(36)24-21-12-18(5-6-22(21)33-34-24)19-11-17(14-30-15-19)16-35-9-3-1-2-4-10-35/h5-8,11-15H,1-4,9-10,16H2,(H,33,34)(H,31,32,36). The van der Waals surface area contributed by atoms with E-state index < -0.39 is 17.6 Å². The SMILES string of the molecule is O=C(Nc1cc(C(F)(F)F)ccn1)c1n[nH]c2ccc(-c3cncc(CN4CCCCCC4)c3)cc12. The van der Waals surface area contributed by atoms with Crippen LogP contribution in [0.3, 0.4) is 0 Å². The van der Waals surface area contributed by atoms with Gasteiger partial charge in [-0.15, -0.1) is 0 Å². The minimum atomic E-state index is -4.54. The van der Waals surface area contributed by atoms with Crippen LogP contribution < -0.4 is 5.32 Å². The highest BCUT2D eigenvalue weighted by molar-refractivity contribution is 6.11. The van der Waals surface area contributed by atoms with E-state index >= 15 is 0 Å². The average Bonchev–Trinajstić information content (AvgIpc) is 3.12. The summed E-state index contributed by atoms with van der Waals surface area (Å²) in [6.07, 6.45) is 5.11. The largest absolute Gasteiger partial charge is 0.416 e. The maximum atomic E-state index is 13.0. The quantitative estimate of drug-likeness (QED) is 0.374. The average molecular weight is 495 g/mol. The molecule has 0 atom stereocenters. The van der Waals surface area contributed by atoms with Crippen LogP contribution in [-0.4, -0.2) is 44.1 Å². The Morgan fingerprint density at radius 1 is 1.00 bits per heavy atom. The number of halogens is 3. The predicted octanol–water partition coefficient (Wildman–Crippen LogP) is 5.67. The minimum Gasteiger partial charge on any atom is -0.305 e. The van der Waals surface area contributed by atoms with E-state index in [0.29, 0.717) is 10.9 Å². The number of nitrogens with one attached hydrogen (secondary N) is 2. The summed E-state index contributed by atoms with van der Waals surface area (Å²) >= 11 is 0. The molecule has 1 aliphatic heterocycles. The summed E-state index contributed by atoms with van der Waals surface area (Å²) in [5.41, 5.74) is 2.70. The van der Waals surface area contributed by atoms with Crippen molar-refractivity contribution in [1.82, 2.24) is 25.1 Å². The number of likely N-dealkylation sites (tertiary alicyclic amines) is 1. The lowest BCUT2D eigenvalue weighted by atomic mass is 10.0. The first-order valence-electron chi connectivity index (χ1n) is 11.9. The molecule has 0 saturated carbocycles. The Morgan fingerprint density at radius 2 is 1.81 bits per heavy atom. The molecule has 0 unspecified atom stereocenters. The van der Waals surface area contributed by atoms with Gasteiger partial charge in [-0.2, -0.15) is 18.3 Å². The van der Waals surface area contributed by atoms with Crippen molar-refractivity contribution in [2.75, 3.05) is 18.4 Å². The van der Waals surface area contributed by atoms with Gasteiger partial charge in [0.2, 0.25) is 0 Å². The highest BCUT2D eigenvalue weighted by Gasteiger charge is 2.31. The maximum absolute atomic E-state index is 13.0. The van der Waals surface area contributed by atoms with E-state index in [-0.39, 0.29) is 11.5 Å². The lowest BCUT2D eigenvalue weighted by Crippen LogP contribution is -2.24. The molecular formula is C26H25F3N6O. The van der Waals surface area contributed by atoms with Crippen molar-refractivity contribution in [3.63, 3.8) is 0 Å².